The van der Waals surface area contributed by atoms with Gasteiger partial charge in [0.25, 0.3) is 0 Å². The van der Waals surface area contributed by atoms with Gasteiger partial charge in [0.2, 0.25) is 0 Å². The van der Waals surface area contributed by atoms with E-state index in [1.807, 2.05) is 20.8 Å². The van der Waals surface area contributed by atoms with E-state index in [4.69, 9.17) is 14.2 Å². The first-order valence-electron chi connectivity index (χ1n) is 11.5. The number of carbonyl (C=O) groups is 2. The molecule has 0 aromatic rings. The first kappa shape index (κ1) is 22.1. The Morgan fingerprint density at radius 2 is 2.03 bits per heavy atom. The number of fused-ring (bicyclic) bond motifs is 1. The summed E-state index contributed by atoms with van der Waals surface area (Å²) in [5.41, 5.74) is -3.45. The standard InChI is InChI=1S/C24H32O8/c1-5-14(9-25)19(27)31-18-17-13(3)15-8-22(11-26)20(28)30-16-7-6-12(2)21(18,4)23(16,29)10-24(17,22)32-15/h5,12,15-16,18,25-26,29H,6-11H2,1-4H3. The molecule has 2 saturated heterocycles. The highest BCUT2D eigenvalue weighted by Gasteiger charge is 2.82. The van der Waals surface area contributed by atoms with Crippen molar-refractivity contribution in [2.45, 2.75) is 82.9 Å². The minimum atomic E-state index is -1.51. The van der Waals surface area contributed by atoms with Gasteiger partial charge in [0.05, 0.1) is 24.9 Å². The minimum absolute atomic E-state index is 0.0539. The molecule has 1 spiro atoms. The molecule has 3 bridgehead atoms. The van der Waals surface area contributed by atoms with Gasteiger partial charge in [0.1, 0.15) is 28.8 Å². The van der Waals surface area contributed by atoms with Crippen LogP contribution in [0.5, 0.6) is 0 Å². The van der Waals surface area contributed by atoms with Gasteiger partial charge in [-0.2, -0.15) is 0 Å². The lowest BCUT2D eigenvalue weighted by Gasteiger charge is -2.63. The lowest BCUT2D eigenvalue weighted by atomic mass is 9.44. The number of hydrogen-bond acceptors (Lipinski definition) is 8. The fourth-order valence-corrected chi connectivity index (χ4v) is 7.38. The number of esters is 2. The Morgan fingerprint density at radius 1 is 1.31 bits per heavy atom. The third-order valence-corrected chi connectivity index (χ3v) is 9.59. The molecule has 3 aliphatic heterocycles. The van der Waals surface area contributed by atoms with Gasteiger partial charge in [0, 0.05) is 17.4 Å². The van der Waals surface area contributed by atoms with Gasteiger partial charge in [0.15, 0.2) is 0 Å². The Labute approximate surface area is 187 Å². The quantitative estimate of drug-likeness (QED) is 0.333. The molecule has 32 heavy (non-hydrogen) atoms. The van der Waals surface area contributed by atoms with Crippen LogP contribution in [0.15, 0.2) is 22.8 Å². The molecule has 8 heteroatoms. The average molecular weight is 449 g/mol. The molecule has 0 radical (unpaired) electrons. The largest absolute Gasteiger partial charge is 0.459 e. The Morgan fingerprint density at radius 3 is 2.66 bits per heavy atom. The van der Waals surface area contributed by atoms with Gasteiger partial charge >= 0.3 is 11.9 Å². The summed E-state index contributed by atoms with van der Waals surface area (Å²) in [6.45, 7) is 6.53. The van der Waals surface area contributed by atoms with Crippen LogP contribution in [0, 0.1) is 16.7 Å². The molecule has 5 aliphatic rings. The summed E-state index contributed by atoms with van der Waals surface area (Å²) in [5.74, 6) is -1.28. The molecule has 2 aliphatic carbocycles. The minimum Gasteiger partial charge on any atom is -0.459 e. The van der Waals surface area contributed by atoms with Crippen LogP contribution in [-0.2, 0) is 23.8 Å². The monoisotopic (exact) mass is 448 g/mol. The highest BCUT2D eigenvalue weighted by atomic mass is 16.6. The fourth-order valence-electron chi connectivity index (χ4n) is 7.38. The van der Waals surface area contributed by atoms with E-state index in [2.05, 4.69) is 0 Å². The Kier molecular flexibility index (Phi) is 4.59. The van der Waals surface area contributed by atoms with E-state index < -0.39 is 65.5 Å². The molecule has 3 heterocycles. The van der Waals surface area contributed by atoms with Crippen molar-refractivity contribution >= 4 is 11.9 Å². The average Bonchev–Trinajstić information content (AvgIpc) is 3.19. The van der Waals surface area contributed by atoms with Gasteiger partial charge in [-0.25, -0.2) is 4.79 Å². The molecule has 176 valence electrons. The molecule has 8 atom stereocenters. The van der Waals surface area contributed by atoms with Crippen molar-refractivity contribution in [2.75, 3.05) is 13.2 Å². The number of carbonyl (C=O) groups excluding carboxylic acids is 2. The molecular formula is C24H32O8. The maximum absolute atomic E-state index is 13.5. The fraction of sp³-hybridized carbons (Fsp3) is 0.750. The van der Waals surface area contributed by atoms with Crippen molar-refractivity contribution in [3.63, 3.8) is 0 Å². The summed E-state index contributed by atoms with van der Waals surface area (Å²) in [6.07, 6.45) is 0.929. The van der Waals surface area contributed by atoms with E-state index in [0.717, 1.165) is 5.57 Å². The van der Waals surface area contributed by atoms with Gasteiger partial charge in [-0.3, -0.25) is 4.79 Å². The molecule has 2 saturated carbocycles. The third-order valence-electron chi connectivity index (χ3n) is 9.59. The lowest BCUT2D eigenvalue weighted by molar-refractivity contribution is -0.263. The summed E-state index contributed by atoms with van der Waals surface area (Å²) in [4.78, 5) is 26.5. The summed E-state index contributed by atoms with van der Waals surface area (Å²) in [5, 5.41) is 32.4. The Balaban J connectivity index is 1.77. The number of aliphatic hydroxyl groups excluding tert-OH is 2. The Bertz CT molecular complexity index is 954. The van der Waals surface area contributed by atoms with Crippen molar-refractivity contribution in [1.29, 1.82) is 0 Å². The second kappa shape index (κ2) is 6.65. The first-order chi connectivity index (χ1) is 15.1. The zero-order valence-electron chi connectivity index (χ0n) is 19.0. The number of aliphatic hydroxyl groups is 3. The molecule has 3 N–H and O–H groups in total. The van der Waals surface area contributed by atoms with E-state index in [0.29, 0.717) is 18.4 Å². The molecule has 8 unspecified atom stereocenters. The van der Waals surface area contributed by atoms with Crippen molar-refractivity contribution in [3.8, 4) is 0 Å². The van der Waals surface area contributed by atoms with Crippen LogP contribution >= 0.6 is 0 Å². The SMILES string of the molecule is CC=C(CO)C(=O)OC1C2=C(C)C3CC4(CO)C(=O)OC5CCC(C)C1(C)C5(O)CC24O3. The van der Waals surface area contributed by atoms with E-state index in [1.165, 1.54) is 6.08 Å². The number of rotatable bonds is 4. The molecule has 0 aromatic heterocycles. The van der Waals surface area contributed by atoms with Crippen LogP contribution in [0.1, 0.15) is 53.4 Å². The van der Waals surface area contributed by atoms with Crippen molar-refractivity contribution in [3.05, 3.63) is 22.8 Å². The van der Waals surface area contributed by atoms with E-state index in [9.17, 15) is 24.9 Å². The van der Waals surface area contributed by atoms with Crippen LogP contribution in [0.4, 0.5) is 0 Å². The smallest absolute Gasteiger partial charge is 0.336 e. The van der Waals surface area contributed by atoms with Crippen LogP contribution in [0.3, 0.4) is 0 Å². The predicted molar refractivity (Wildman–Crippen MR) is 111 cm³/mol. The zero-order chi connectivity index (χ0) is 23.3. The number of allylic oxidation sites excluding steroid dienone is 1. The Hall–Kier alpha value is -1.74. The van der Waals surface area contributed by atoms with Gasteiger partial charge in [-0.15, -0.1) is 0 Å². The highest BCUT2D eigenvalue weighted by molar-refractivity contribution is 5.89. The molecular weight excluding hydrogens is 416 g/mol. The van der Waals surface area contributed by atoms with E-state index in [1.54, 1.807) is 6.92 Å². The predicted octanol–water partition coefficient (Wildman–Crippen LogP) is 1.17. The maximum atomic E-state index is 13.5. The number of ether oxygens (including phenoxy) is 3. The van der Waals surface area contributed by atoms with Crippen molar-refractivity contribution < 1.29 is 39.1 Å². The highest BCUT2D eigenvalue weighted by Crippen LogP contribution is 2.72. The summed E-state index contributed by atoms with van der Waals surface area (Å²) in [6, 6.07) is 0. The normalized spacial score (nSPS) is 49.1. The van der Waals surface area contributed by atoms with Crippen LogP contribution in [0.2, 0.25) is 0 Å². The first-order valence-corrected chi connectivity index (χ1v) is 11.5. The van der Waals surface area contributed by atoms with E-state index in [-0.39, 0.29) is 24.3 Å². The van der Waals surface area contributed by atoms with E-state index >= 15 is 0 Å². The molecule has 4 fully saturated rings. The summed E-state index contributed by atoms with van der Waals surface area (Å²) >= 11 is 0. The van der Waals surface area contributed by atoms with Gasteiger partial charge in [-0.1, -0.05) is 19.9 Å². The molecule has 8 nitrogen and oxygen atoms in total. The van der Waals surface area contributed by atoms with Crippen LogP contribution < -0.4 is 0 Å². The van der Waals surface area contributed by atoms with Crippen LogP contribution in [0.25, 0.3) is 0 Å². The van der Waals surface area contributed by atoms with Gasteiger partial charge < -0.3 is 29.5 Å². The second-order valence-corrected chi connectivity index (χ2v) is 10.5. The van der Waals surface area contributed by atoms with Crippen molar-refractivity contribution in [1.82, 2.24) is 0 Å². The molecule has 0 amide bonds. The maximum Gasteiger partial charge on any atom is 0.336 e. The van der Waals surface area contributed by atoms with Crippen LogP contribution in [-0.4, -0.2) is 70.0 Å². The zero-order valence-corrected chi connectivity index (χ0v) is 19.0. The second-order valence-electron chi connectivity index (χ2n) is 10.5. The summed E-state index contributed by atoms with van der Waals surface area (Å²) in [7, 11) is 0. The number of hydrogen-bond donors (Lipinski definition) is 3. The lowest BCUT2D eigenvalue weighted by Crippen LogP contribution is -2.73. The van der Waals surface area contributed by atoms with Gasteiger partial charge in [-0.05, 0) is 44.6 Å². The third kappa shape index (κ3) is 2.18. The topological polar surface area (TPSA) is 123 Å². The van der Waals surface area contributed by atoms with Crippen molar-refractivity contribution in [2.24, 2.45) is 16.7 Å². The molecule has 0 aromatic carbocycles. The molecule has 5 rings (SSSR count). The summed E-state index contributed by atoms with van der Waals surface area (Å²) < 4.78 is 18.5.